The second-order valence-electron chi connectivity index (χ2n) is 7.93. The Balaban J connectivity index is 0.000000181. The molecule has 1 fully saturated rings. The van der Waals surface area contributed by atoms with Crippen molar-refractivity contribution in [1.82, 2.24) is 9.97 Å². The van der Waals surface area contributed by atoms with Crippen molar-refractivity contribution in [3.05, 3.63) is 58.9 Å². The molecule has 2 aromatic heterocycles. The van der Waals surface area contributed by atoms with Crippen LogP contribution in [0.1, 0.15) is 48.2 Å². The molecule has 4 N–H and O–H groups in total. The molecular formula is C23H26F2N4O2S. The van der Waals surface area contributed by atoms with Crippen molar-refractivity contribution in [1.29, 1.82) is 0 Å². The first-order valence-electron chi connectivity index (χ1n) is 10.3. The monoisotopic (exact) mass is 460 g/mol. The second-order valence-corrected chi connectivity index (χ2v) is 8.79. The van der Waals surface area contributed by atoms with E-state index in [9.17, 15) is 13.6 Å². The third-order valence-corrected chi connectivity index (χ3v) is 6.35. The van der Waals surface area contributed by atoms with Crippen molar-refractivity contribution >= 4 is 23.3 Å². The van der Waals surface area contributed by atoms with Gasteiger partial charge in [-0.15, -0.1) is 11.3 Å². The predicted molar refractivity (Wildman–Crippen MR) is 122 cm³/mol. The summed E-state index contributed by atoms with van der Waals surface area (Å²) in [6.45, 7) is 2.30. The van der Waals surface area contributed by atoms with E-state index < -0.39 is 22.9 Å². The number of hydrogen-bond donors (Lipinski definition) is 3. The van der Waals surface area contributed by atoms with E-state index in [2.05, 4.69) is 28.3 Å². The van der Waals surface area contributed by atoms with Gasteiger partial charge in [-0.2, -0.15) is 0 Å². The van der Waals surface area contributed by atoms with Crippen LogP contribution in [0.2, 0.25) is 0 Å². The summed E-state index contributed by atoms with van der Waals surface area (Å²) in [5, 5.41) is 13.7. The highest BCUT2D eigenvalue weighted by Gasteiger charge is 2.26. The van der Waals surface area contributed by atoms with Crippen molar-refractivity contribution in [3.8, 4) is 16.3 Å². The molecule has 1 aliphatic rings. The van der Waals surface area contributed by atoms with Gasteiger partial charge in [-0.3, -0.25) is 9.78 Å². The predicted octanol–water partition coefficient (Wildman–Crippen LogP) is 4.96. The summed E-state index contributed by atoms with van der Waals surface area (Å²) in [6, 6.07) is 4.34. The number of phenolic OH excluding ortho intramolecular Hbond substituents is 1. The first-order valence-corrected chi connectivity index (χ1v) is 11.2. The van der Waals surface area contributed by atoms with Crippen molar-refractivity contribution in [2.45, 2.75) is 38.1 Å². The average Bonchev–Trinajstić information content (AvgIpc) is 3.25. The number of hydrogen-bond acceptors (Lipinski definition) is 7. The van der Waals surface area contributed by atoms with Gasteiger partial charge in [0.25, 0.3) is 0 Å². The maximum Gasteiger partial charge on any atom is 0.177 e. The average molecular weight is 461 g/mol. The first kappa shape index (κ1) is 23.7. The quantitative estimate of drug-likeness (QED) is 0.476. The Labute approximate surface area is 189 Å². The number of halogens is 2. The fourth-order valence-electron chi connectivity index (χ4n) is 4.07. The number of thiazole rings is 1. The number of benzene rings is 1. The molecule has 0 saturated heterocycles. The van der Waals surface area contributed by atoms with E-state index in [0.717, 1.165) is 47.9 Å². The summed E-state index contributed by atoms with van der Waals surface area (Å²) in [6.07, 6.45) is 7.77. The van der Waals surface area contributed by atoms with Gasteiger partial charge >= 0.3 is 0 Å². The molecule has 0 bridgehead atoms. The summed E-state index contributed by atoms with van der Waals surface area (Å²) >= 11 is 0.931. The number of nitrogens with one attached hydrogen (secondary N) is 1. The number of nitrogens with zero attached hydrogens (tertiary/aromatic N) is 2. The zero-order chi connectivity index (χ0) is 23.3. The number of phenols is 1. The molecule has 0 spiro atoms. The van der Waals surface area contributed by atoms with Crippen molar-refractivity contribution < 1.29 is 18.7 Å². The molecule has 0 amide bonds. The summed E-state index contributed by atoms with van der Waals surface area (Å²) in [7, 11) is 1.95. The number of rotatable bonds is 4. The van der Waals surface area contributed by atoms with Crippen molar-refractivity contribution in [3.63, 3.8) is 0 Å². The molecule has 4 rings (SSSR count). The summed E-state index contributed by atoms with van der Waals surface area (Å²) < 4.78 is 26.8. The van der Waals surface area contributed by atoms with Crippen LogP contribution in [0.4, 0.5) is 14.5 Å². The number of aromatic hydroxyl groups is 1. The van der Waals surface area contributed by atoms with Gasteiger partial charge < -0.3 is 16.2 Å². The maximum atomic E-state index is 13.4. The lowest BCUT2D eigenvalue weighted by Gasteiger charge is -2.32. The molecule has 9 heteroatoms. The second kappa shape index (κ2) is 10.6. The highest BCUT2D eigenvalue weighted by molar-refractivity contribution is 7.13. The number of aldehydes is 1. The van der Waals surface area contributed by atoms with E-state index in [1.807, 2.05) is 19.4 Å². The van der Waals surface area contributed by atoms with Crippen LogP contribution >= 0.6 is 11.3 Å². The van der Waals surface area contributed by atoms with Crippen LogP contribution in [-0.4, -0.2) is 34.5 Å². The SMILES string of the molecule is CNc1cnccc1C1CC(C)C[C@H](N)C1.O=Cc1csc(-c2c(F)ccc(O)c2F)n1. The minimum atomic E-state index is -1.08. The van der Waals surface area contributed by atoms with Gasteiger partial charge in [0.1, 0.15) is 16.5 Å². The van der Waals surface area contributed by atoms with Crippen LogP contribution in [0.3, 0.4) is 0 Å². The van der Waals surface area contributed by atoms with Crippen LogP contribution in [0, 0.1) is 17.6 Å². The van der Waals surface area contributed by atoms with E-state index in [1.165, 1.54) is 17.4 Å². The Morgan fingerprint density at radius 2 is 2.03 bits per heavy atom. The van der Waals surface area contributed by atoms with Crippen molar-refractivity contribution in [2.24, 2.45) is 11.7 Å². The fourth-order valence-corrected chi connectivity index (χ4v) is 4.88. The summed E-state index contributed by atoms with van der Waals surface area (Å²) in [5.74, 6) is -1.25. The van der Waals surface area contributed by atoms with Gasteiger partial charge in [0.2, 0.25) is 0 Å². The van der Waals surface area contributed by atoms with Crippen molar-refractivity contribution in [2.75, 3.05) is 12.4 Å². The fraction of sp³-hybridized carbons (Fsp3) is 0.348. The Morgan fingerprint density at radius 1 is 1.25 bits per heavy atom. The Hall–Kier alpha value is -2.91. The zero-order valence-electron chi connectivity index (χ0n) is 17.9. The minimum absolute atomic E-state index is 0.0213. The van der Waals surface area contributed by atoms with Crippen LogP contribution in [0.5, 0.6) is 5.75 Å². The molecule has 32 heavy (non-hydrogen) atoms. The number of pyridine rings is 1. The Kier molecular flexibility index (Phi) is 7.87. The van der Waals surface area contributed by atoms with Gasteiger partial charge in [0.05, 0.1) is 17.4 Å². The van der Waals surface area contributed by atoms with Gasteiger partial charge in [0, 0.05) is 24.7 Å². The molecular weight excluding hydrogens is 434 g/mol. The molecule has 1 aliphatic carbocycles. The topological polar surface area (TPSA) is 101 Å². The molecule has 3 atom stereocenters. The number of anilines is 1. The van der Waals surface area contributed by atoms with Crippen LogP contribution in [-0.2, 0) is 0 Å². The van der Waals surface area contributed by atoms with Crippen LogP contribution < -0.4 is 11.1 Å². The molecule has 170 valence electrons. The van der Waals surface area contributed by atoms with Crippen LogP contribution in [0.15, 0.2) is 36.0 Å². The summed E-state index contributed by atoms with van der Waals surface area (Å²) in [5.41, 5.74) is 8.31. The largest absolute Gasteiger partial charge is 0.505 e. The normalized spacial score (nSPS) is 20.2. The highest BCUT2D eigenvalue weighted by Crippen LogP contribution is 2.38. The Bertz CT molecular complexity index is 1070. The van der Waals surface area contributed by atoms with Gasteiger partial charge in [-0.05, 0) is 54.9 Å². The maximum absolute atomic E-state index is 13.4. The zero-order valence-corrected chi connectivity index (χ0v) is 18.7. The minimum Gasteiger partial charge on any atom is -0.505 e. The summed E-state index contributed by atoms with van der Waals surface area (Å²) in [4.78, 5) is 18.3. The first-order chi connectivity index (χ1) is 15.3. The van der Waals surface area contributed by atoms with E-state index in [1.54, 1.807) is 0 Å². The molecule has 1 saturated carbocycles. The molecule has 1 aromatic carbocycles. The number of nitrogens with two attached hydrogens (primary N) is 1. The highest BCUT2D eigenvalue weighted by atomic mass is 32.1. The lowest BCUT2D eigenvalue weighted by atomic mass is 9.76. The number of carbonyl (C=O) groups is 1. The van der Waals surface area contributed by atoms with E-state index in [-0.39, 0.29) is 10.7 Å². The molecule has 2 heterocycles. The molecule has 0 radical (unpaired) electrons. The third-order valence-electron chi connectivity index (χ3n) is 5.47. The number of carbonyl (C=O) groups excluding carboxylic acids is 1. The van der Waals surface area contributed by atoms with Gasteiger partial charge in [-0.1, -0.05) is 6.92 Å². The van der Waals surface area contributed by atoms with E-state index >= 15 is 0 Å². The molecule has 6 nitrogen and oxygen atoms in total. The van der Waals surface area contributed by atoms with E-state index in [0.29, 0.717) is 18.2 Å². The molecule has 3 aromatic rings. The van der Waals surface area contributed by atoms with Gasteiger partial charge in [0.15, 0.2) is 17.9 Å². The van der Waals surface area contributed by atoms with E-state index in [4.69, 9.17) is 10.8 Å². The van der Waals surface area contributed by atoms with Crippen LogP contribution in [0.25, 0.3) is 10.6 Å². The lowest BCUT2D eigenvalue weighted by molar-refractivity contribution is 0.111. The smallest absolute Gasteiger partial charge is 0.177 e. The standard InChI is InChI=1S/C13H21N3.C10H5F2NO2S/c1-9-5-10(7-11(14)6-9)12-3-4-16-8-13(12)15-2;11-6-1-2-7(15)9(12)8(6)10-13-5(3-14)4-16-10/h3-4,8-11,15H,5-7,14H2,1-2H3;1-4,15H/t9?,10?,11-;/m0./s1. The number of aromatic nitrogens is 2. The lowest BCUT2D eigenvalue weighted by Crippen LogP contribution is -2.31. The molecule has 0 aliphatic heterocycles. The third kappa shape index (κ3) is 5.46. The Morgan fingerprint density at radius 3 is 2.69 bits per heavy atom. The van der Waals surface area contributed by atoms with Gasteiger partial charge in [-0.25, -0.2) is 13.8 Å². The molecule has 2 unspecified atom stereocenters.